The fraction of sp³-hybridized carbons (Fsp3) is 0.727. The van der Waals surface area contributed by atoms with E-state index >= 15 is 0 Å². The Morgan fingerprint density at radius 3 is 3.13 bits per heavy atom. The van der Waals surface area contributed by atoms with Crippen LogP contribution in [0, 0.1) is 5.92 Å². The molecule has 0 aliphatic carbocycles. The van der Waals surface area contributed by atoms with Crippen molar-refractivity contribution in [1.82, 2.24) is 4.98 Å². The van der Waals surface area contributed by atoms with Crippen LogP contribution < -0.4 is 10.6 Å². The Balaban J connectivity index is 2.06. The number of thiazole rings is 1. The molecule has 0 bridgehead atoms. The zero-order valence-corrected chi connectivity index (χ0v) is 10.0. The Labute approximate surface area is 95.3 Å². The van der Waals surface area contributed by atoms with Gasteiger partial charge in [0.1, 0.15) is 0 Å². The van der Waals surface area contributed by atoms with Crippen molar-refractivity contribution in [3.63, 3.8) is 0 Å². The number of hydrogen-bond acceptors (Lipinski definition) is 4. The van der Waals surface area contributed by atoms with Gasteiger partial charge in [0.25, 0.3) is 0 Å². The van der Waals surface area contributed by atoms with Gasteiger partial charge in [-0.3, -0.25) is 0 Å². The Kier molecular flexibility index (Phi) is 3.59. The van der Waals surface area contributed by atoms with Crippen LogP contribution in [0.2, 0.25) is 0 Å². The van der Waals surface area contributed by atoms with Gasteiger partial charge in [0, 0.05) is 30.7 Å². The van der Waals surface area contributed by atoms with Gasteiger partial charge in [-0.05, 0) is 18.8 Å². The van der Waals surface area contributed by atoms with Gasteiger partial charge in [0.15, 0.2) is 5.13 Å². The third kappa shape index (κ3) is 2.32. The van der Waals surface area contributed by atoms with Crippen molar-refractivity contribution >= 4 is 16.5 Å². The largest absolute Gasteiger partial charge is 0.344 e. The Hall–Kier alpha value is -0.610. The molecule has 4 heteroatoms. The number of anilines is 1. The molecule has 0 aromatic carbocycles. The normalized spacial score (nSPS) is 26.9. The average Bonchev–Trinajstić information content (AvgIpc) is 2.81. The molecule has 84 valence electrons. The van der Waals surface area contributed by atoms with E-state index in [2.05, 4.69) is 16.8 Å². The summed E-state index contributed by atoms with van der Waals surface area (Å²) in [5.74, 6) is 0.856. The van der Waals surface area contributed by atoms with E-state index in [-0.39, 0.29) is 0 Å². The summed E-state index contributed by atoms with van der Waals surface area (Å²) in [6, 6.07) is 0.495. The zero-order chi connectivity index (χ0) is 10.7. The molecule has 2 unspecified atom stereocenters. The number of aromatic nitrogens is 1. The smallest absolute Gasteiger partial charge is 0.185 e. The molecule has 0 spiro atoms. The Bertz CT molecular complexity index is 286. The molecule has 15 heavy (non-hydrogen) atoms. The molecule has 0 saturated carbocycles. The molecule has 1 aromatic heterocycles. The number of hydrogen-bond donors (Lipinski definition) is 1. The van der Waals surface area contributed by atoms with E-state index in [0.29, 0.717) is 6.04 Å². The van der Waals surface area contributed by atoms with Gasteiger partial charge in [0.2, 0.25) is 0 Å². The van der Waals surface area contributed by atoms with Gasteiger partial charge in [-0.15, -0.1) is 11.3 Å². The van der Waals surface area contributed by atoms with Crippen LogP contribution in [0.15, 0.2) is 11.6 Å². The minimum atomic E-state index is 0.495. The molecule has 1 aliphatic heterocycles. The Morgan fingerprint density at radius 2 is 2.53 bits per heavy atom. The zero-order valence-electron chi connectivity index (χ0n) is 9.22. The van der Waals surface area contributed by atoms with Crippen molar-refractivity contribution in [3.8, 4) is 0 Å². The molecule has 2 rings (SSSR count). The molecule has 2 atom stereocenters. The molecule has 0 amide bonds. The molecule has 1 aromatic rings. The maximum Gasteiger partial charge on any atom is 0.185 e. The van der Waals surface area contributed by atoms with Crippen LogP contribution in [0.1, 0.15) is 26.2 Å². The third-order valence-corrected chi connectivity index (χ3v) is 4.15. The van der Waals surface area contributed by atoms with Crippen LogP contribution in [0.25, 0.3) is 0 Å². The first-order valence-electron chi connectivity index (χ1n) is 5.71. The first-order valence-corrected chi connectivity index (χ1v) is 6.59. The predicted octanol–water partition coefficient (Wildman–Crippen LogP) is 2.10. The summed E-state index contributed by atoms with van der Waals surface area (Å²) < 4.78 is 0. The minimum Gasteiger partial charge on any atom is -0.344 e. The summed E-state index contributed by atoms with van der Waals surface area (Å²) in [6.45, 7) is 4.14. The molecule has 2 N–H and O–H groups in total. The van der Waals surface area contributed by atoms with Crippen LogP contribution in [0.4, 0.5) is 5.13 Å². The number of piperidine rings is 1. The van der Waals surface area contributed by atoms with Crippen molar-refractivity contribution in [3.05, 3.63) is 11.6 Å². The summed E-state index contributed by atoms with van der Waals surface area (Å²) in [6.07, 6.45) is 5.67. The average molecular weight is 225 g/mol. The van der Waals surface area contributed by atoms with E-state index in [9.17, 15) is 0 Å². The van der Waals surface area contributed by atoms with Crippen molar-refractivity contribution < 1.29 is 0 Å². The summed E-state index contributed by atoms with van der Waals surface area (Å²) in [7, 11) is 0. The molecule has 1 saturated heterocycles. The second kappa shape index (κ2) is 4.94. The highest BCUT2D eigenvalue weighted by Crippen LogP contribution is 2.30. The molecule has 2 heterocycles. The van der Waals surface area contributed by atoms with E-state index in [4.69, 9.17) is 5.73 Å². The summed E-state index contributed by atoms with van der Waals surface area (Å²) >= 11 is 1.72. The monoisotopic (exact) mass is 225 g/mol. The van der Waals surface area contributed by atoms with E-state index in [1.165, 1.54) is 19.3 Å². The van der Waals surface area contributed by atoms with Crippen molar-refractivity contribution in [2.75, 3.05) is 18.0 Å². The van der Waals surface area contributed by atoms with Gasteiger partial charge in [0.05, 0.1) is 0 Å². The van der Waals surface area contributed by atoms with E-state index in [0.717, 1.165) is 24.1 Å². The second-order valence-corrected chi connectivity index (χ2v) is 5.07. The van der Waals surface area contributed by atoms with E-state index < -0.39 is 0 Å². The molecule has 3 nitrogen and oxygen atoms in total. The van der Waals surface area contributed by atoms with Crippen LogP contribution in [0.3, 0.4) is 0 Å². The van der Waals surface area contributed by atoms with Crippen molar-refractivity contribution in [1.29, 1.82) is 0 Å². The molecule has 1 fully saturated rings. The van der Waals surface area contributed by atoms with Gasteiger partial charge >= 0.3 is 0 Å². The number of rotatable bonds is 3. The number of nitrogens with two attached hydrogens (primary N) is 1. The van der Waals surface area contributed by atoms with Crippen LogP contribution >= 0.6 is 11.3 Å². The standard InChI is InChI=1S/C11H19N3S/c1-2-9-3-5-14(10(7-9)8-12)11-13-4-6-15-11/h4,6,9-10H,2-3,5,7-8,12H2,1H3. The molecule has 0 radical (unpaired) electrons. The summed E-state index contributed by atoms with van der Waals surface area (Å²) in [5, 5.41) is 3.18. The van der Waals surface area contributed by atoms with Crippen molar-refractivity contribution in [2.45, 2.75) is 32.2 Å². The van der Waals surface area contributed by atoms with E-state index in [1.807, 2.05) is 11.6 Å². The molecular formula is C11H19N3S. The second-order valence-electron chi connectivity index (χ2n) is 4.20. The topological polar surface area (TPSA) is 42.2 Å². The van der Waals surface area contributed by atoms with Gasteiger partial charge in [-0.1, -0.05) is 13.3 Å². The van der Waals surface area contributed by atoms with Gasteiger partial charge < -0.3 is 10.6 Å². The fourth-order valence-electron chi connectivity index (χ4n) is 2.34. The SMILES string of the molecule is CCC1CCN(c2nccs2)C(CN)C1. The lowest BCUT2D eigenvalue weighted by atomic mass is 9.89. The first-order chi connectivity index (χ1) is 7.35. The van der Waals surface area contributed by atoms with Crippen LogP contribution in [-0.2, 0) is 0 Å². The number of nitrogens with zero attached hydrogens (tertiary/aromatic N) is 2. The highest BCUT2D eigenvalue weighted by atomic mass is 32.1. The molecule has 1 aliphatic rings. The lowest BCUT2D eigenvalue weighted by Gasteiger charge is -2.38. The maximum absolute atomic E-state index is 5.85. The maximum atomic E-state index is 5.85. The van der Waals surface area contributed by atoms with Crippen LogP contribution in [-0.4, -0.2) is 24.1 Å². The first kappa shape index (κ1) is 10.9. The minimum absolute atomic E-state index is 0.495. The quantitative estimate of drug-likeness (QED) is 0.856. The lowest BCUT2D eigenvalue weighted by Crippen LogP contribution is -2.46. The predicted molar refractivity (Wildman–Crippen MR) is 65.3 cm³/mol. The van der Waals surface area contributed by atoms with Crippen molar-refractivity contribution in [2.24, 2.45) is 11.7 Å². The highest BCUT2D eigenvalue weighted by Gasteiger charge is 2.27. The fourth-order valence-corrected chi connectivity index (χ4v) is 3.08. The summed E-state index contributed by atoms with van der Waals surface area (Å²) in [4.78, 5) is 6.76. The van der Waals surface area contributed by atoms with Gasteiger partial charge in [-0.2, -0.15) is 0 Å². The van der Waals surface area contributed by atoms with Crippen LogP contribution in [0.5, 0.6) is 0 Å². The lowest BCUT2D eigenvalue weighted by molar-refractivity contribution is 0.335. The van der Waals surface area contributed by atoms with Gasteiger partial charge in [-0.25, -0.2) is 4.98 Å². The van der Waals surface area contributed by atoms with E-state index in [1.54, 1.807) is 11.3 Å². The molecular weight excluding hydrogens is 206 g/mol. The Morgan fingerprint density at radius 1 is 1.67 bits per heavy atom. The third-order valence-electron chi connectivity index (χ3n) is 3.34. The highest BCUT2D eigenvalue weighted by molar-refractivity contribution is 7.13. The summed E-state index contributed by atoms with van der Waals surface area (Å²) in [5.41, 5.74) is 5.85.